The molecule has 2 heterocycles. The second-order valence-corrected chi connectivity index (χ2v) is 4.70. The maximum absolute atomic E-state index is 11.6. The van der Waals surface area contributed by atoms with Crippen LogP contribution < -0.4 is 10.6 Å². The lowest BCUT2D eigenvalue weighted by Crippen LogP contribution is -2.58. The molecular weight excluding hydrogens is 252 g/mol. The highest BCUT2D eigenvalue weighted by molar-refractivity contribution is 5.97. The number of carbonyl (C=O) groups is 4. The predicted octanol–water partition coefficient (Wildman–Crippen LogP) is -0.741. The molecule has 2 aliphatic rings. The average Bonchev–Trinajstić information content (AvgIpc) is 2.32. The van der Waals surface area contributed by atoms with Crippen molar-refractivity contribution in [2.45, 2.75) is 25.8 Å². The van der Waals surface area contributed by atoms with E-state index in [-0.39, 0.29) is 30.7 Å². The lowest BCUT2D eigenvalue weighted by atomic mass is 10.2. The van der Waals surface area contributed by atoms with Gasteiger partial charge in [-0.2, -0.15) is 0 Å². The molecule has 2 saturated heterocycles. The molecule has 0 aromatic rings. The maximum atomic E-state index is 11.6. The average molecular weight is 268 g/mol. The van der Waals surface area contributed by atoms with Gasteiger partial charge in [-0.05, 0) is 6.92 Å². The molecule has 0 saturated carbocycles. The van der Waals surface area contributed by atoms with Crippen molar-refractivity contribution in [3.8, 4) is 0 Å². The van der Waals surface area contributed by atoms with Gasteiger partial charge in [0.2, 0.25) is 11.8 Å². The Kier molecular flexibility index (Phi) is 3.68. The number of urea groups is 2. The molecule has 0 spiro atoms. The van der Waals surface area contributed by atoms with Crippen LogP contribution in [0, 0.1) is 0 Å². The first-order valence-electron chi connectivity index (χ1n) is 6.16. The predicted molar refractivity (Wildman–Crippen MR) is 64.1 cm³/mol. The molecule has 6 amide bonds. The Balaban J connectivity index is 1.92. The van der Waals surface area contributed by atoms with Crippen molar-refractivity contribution in [3.63, 3.8) is 0 Å². The molecule has 8 nitrogen and oxygen atoms in total. The van der Waals surface area contributed by atoms with Crippen molar-refractivity contribution in [3.05, 3.63) is 0 Å². The summed E-state index contributed by atoms with van der Waals surface area (Å²) in [5.74, 6) is -0.565. The molecule has 0 aromatic carbocycles. The molecule has 0 bridgehead atoms. The van der Waals surface area contributed by atoms with Gasteiger partial charge in [0.25, 0.3) is 0 Å². The van der Waals surface area contributed by atoms with Gasteiger partial charge in [-0.25, -0.2) is 9.59 Å². The van der Waals surface area contributed by atoms with Crippen LogP contribution in [0.15, 0.2) is 0 Å². The summed E-state index contributed by atoms with van der Waals surface area (Å²) in [7, 11) is 0. The van der Waals surface area contributed by atoms with Crippen LogP contribution in [0.4, 0.5) is 9.59 Å². The minimum atomic E-state index is -0.434. The zero-order valence-electron chi connectivity index (χ0n) is 10.6. The van der Waals surface area contributed by atoms with E-state index in [4.69, 9.17) is 0 Å². The largest absolute Gasteiger partial charge is 0.324 e. The first kappa shape index (κ1) is 13.3. The smallest absolute Gasteiger partial charge is 0.322 e. The third kappa shape index (κ3) is 3.01. The molecular formula is C11H16N4O4. The third-order valence-corrected chi connectivity index (χ3v) is 3.25. The minimum absolute atomic E-state index is 0.216. The summed E-state index contributed by atoms with van der Waals surface area (Å²) in [5.41, 5.74) is 0. The van der Waals surface area contributed by atoms with E-state index in [0.29, 0.717) is 19.6 Å². The normalized spacial score (nSPS) is 22.2. The Hall–Kier alpha value is -2.12. The third-order valence-electron chi connectivity index (χ3n) is 3.25. The van der Waals surface area contributed by atoms with E-state index in [2.05, 4.69) is 10.6 Å². The summed E-state index contributed by atoms with van der Waals surface area (Å²) in [6.07, 6.45) is 0.532. The molecule has 104 valence electrons. The van der Waals surface area contributed by atoms with Gasteiger partial charge in [-0.15, -0.1) is 0 Å². The first-order valence-corrected chi connectivity index (χ1v) is 6.16. The van der Waals surface area contributed by atoms with Crippen molar-refractivity contribution in [2.75, 3.05) is 19.6 Å². The zero-order valence-corrected chi connectivity index (χ0v) is 10.6. The van der Waals surface area contributed by atoms with Crippen LogP contribution >= 0.6 is 0 Å². The van der Waals surface area contributed by atoms with Crippen molar-refractivity contribution in [2.24, 2.45) is 0 Å². The molecule has 8 heteroatoms. The first-order chi connectivity index (χ1) is 8.97. The maximum Gasteiger partial charge on any atom is 0.324 e. The molecule has 0 unspecified atom stereocenters. The number of hydrogen-bond donors (Lipinski definition) is 2. The van der Waals surface area contributed by atoms with Crippen LogP contribution in [0.5, 0.6) is 0 Å². The van der Waals surface area contributed by atoms with Gasteiger partial charge in [0.05, 0.1) is 0 Å². The van der Waals surface area contributed by atoms with Gasteiger partial charge in [0, 0.05) is 38.5 Å². The SMILES string of the molecule is C[C@@H](CN1CCC(=O)NC1=O)N1CCC(=O)NC1=O. The fraction of sp³-hybridized carbons (Fsp3) is 0.636. The summed E-state index contributed by atoms with van der Waals surface area (Å²) < 4.78 is 0. The van der Waals surface area contributed by atoms with E-state index >= 15 is 0 Å². The van der Waals surface area contributed by atoms with E-state index in [0.717, 1.165) is 0 Å². The standard InChI is InChI=1S/C11H16N4O4/c1-7(15-5-3-9(17)13-11(15)19)6-14-4-2-8(16)12-10(14)18/h7H,2-6H2,1H3,(H,12,16,18)(H,13,17,19)/t7-/m0/s1. The Bertz CT molecular complexity index is 436. The summed E-state index contributed by atoms with van der Waals surface area (Å²) in [6, 6.07) is -1.08. The highest BCUT2D eigenvalue weighted by atomic mass is 16.2. The van der Waals surface area contributed by atoms with E-state index in [1.165, 1.54) is 9.80 Å². The molecule has 2 N–H and O–H groups in total. The van der Waals surface area contributed by atoms with Gasteiger partial charge < -0.3 is 9.80 Å². The second-order valence-electron chi connectivity index (χ2n) is 4.70. The summed E-state index contributed by atoms with van der Waals surface area (Å²) in [5, 5.41) is 4.47. The second kappa shape index (κ2) is 5.25. The van der Waals surface area contributed by atoms with Gasteiger partial charge in [0.15, 0.2) is 0 Å². The van der Waals surface area contributed by atoms with Crippen LogP contribution in [0.25, 0.3) is 0 Å². The lowest BCUT2D eigenvalue weighted by Gasteiger charge is -2.36. The highest BCUT2D eigenvalue weighted by Crippen LogP contribution is 2.10. The monoisotopic (exact) mass is 268 g/mol. The number of nitrogens with zero attached hydrogens (tertiary/aromatic N) is 2. The van der Waals surface area contributed by atoms with Crippen molar-refractivity contribution in [1.82, 2.24) is 20.4 Å². The number of rotatable bonds is 3. The van der Waals surface area contributed by atoms with Crippen LogP contribution in [0.1, 0.15) is 19.8 Å². The summed E-state index contributed by atoms with van der Waals surface area (Å²) >= 11 is 0. The van der Waals surface area contributed by atoms with E-state index in [9.17, 15) is 19.2 Å². The Morgan fingerprint density at radius 1 is 1.00 bits per heavy atom. The summed E-state index contributed by atoms with van der Waals surface area (Å²) in [6.45, 7) is 2.84. The van der Waals surface area contributed by atoms with Crippen LogP contribution in [0.3, 0.4) is 0 Å². The molecule has 0 radical (unpaired) electrons. The number of carbonyl (C=O) groups excluding carboxylic acids is 4. The van der Waals surface area contributed by atoms with Crippen molar-refractivity contribution >= 4 is 23.9 Å². The van der Waals surface area contributed by atoms with E-state index in [1.54, 1.807) is 6.92 Å². The van der Waals surface area contributed by atoms with Gasteiger partial charge in [-0.1, -0.05) is 0 Å². The lowest BCUT2D eigenvalue weighted by molar-refractivity contribution is -0.123. The van der Waals surface area contributed by atoms with Crippen molar-refractivity contribution in [1.29, 1.82) is 0 Å². The fourth-order valence-corrected chi connectivity index (χ4v) is 2.19. The van der Waals surface area contributed by atoms with E-state index in [1.807, 2.05) is 0 Å². The molecule has 2 rings (SSSR count). The summed E-state index contributed by atoms with van der Waals surface area (Å²) in [4.78, 5) is 48.3. The number of amides is 6. The Morgan fingerprint density at radius 3 is 2.16 bits per heavy atom. The quantitative estimate of drug-likeness (QED) is 0.704. The van der Waals surface area contributed by atoms with Crippen LogP contribution in [0.2, 0.25) is 0 Å². The minimum Gasteiger partial charge on any atom is -0.322 e. The Morgan fingerprint density at radius 2 is 1.58 bits per heavy atom. The topological polar surface area (TPSA) is 98.8 Å². The molecule has 2 aliphatic heterocycles. The molecule has 1 atom stereocenters. The number of imide groups is 2. The number of hydrogen-bond acceptors (Lipinski definition) is 4. The molecule has 0 aromatic heterocycles. The van der Waals surface area contributed by atoms with Crippen molar-refractivity contribution < 1.29 is 19.2 Å². The molecule has 2 fully saturated rings. The molecule has 19 heavy (non-hydrogen) atoms. The highest BCUT2D eigenvalue weighted by Gasteiger charge is 2.30. The van der Waals surface area contributed by atoms with Crippen LogP contribution in [-0.2, 0) is 9.59 Å². The zero-order chi connectivity index (χ0) is 14.0. The van der Waals surface area contributed by atoms with Gasteiger partial charge >= 0.3 is 12.1 Å². The molecule has 0 aliphatic carbocycles. The van der Waals surface area contributed by atoms with Crippen LogP contribution in [-0.4, -0.2) is 59.4 Å². The van der Waals surface area contributed by atoms with Gasteiger partial charge in [0.1, 0.15) is 0 Å². The van der Waals surface area contributed by atoms with Gasteiger partial charge in [-0.3, -0.25) is 20.2 Å². The van der Waals surface area contributed by atoms with E-state index < -0.39 is 12.1 Å². The number of nitrogens with one attached hydrogen (secondary N) is 2. The Labute approximate surface area is 110 Å². The fourth-order valence-electron chi connectivity index (χ4n) is 2.19.